The number of aliphatic hydroxyl groups is 1. The molecule has 1 saturated carbocycles. The number of benzene rings is 1. The van der Waals surface area contributed by atoms with Crippen LogP contribution >= 0.6 is 15.9 Å². The van der Waals surface area contributed by atoms with Crippen molar-refractivity contribution in [2.45, 2.75) is 31.9 Å². The van der Waals surface area contributed by atoms with Crippen molar-refractivity contribution in [3.05, 3.63) is 28.2 Å². The van der Waals surface area contributed by atoms with Gasteiger partial charge in [0, 0.05) is 24.1 Å². The molecule has 3 nitrogen and oxygen atoms in total. The van der Waals surface area contributed by atoms with E-state index in [9.17, 15) is 5.11 Å². The quantitative estimate of drug-likeness (QED) is 0.898. The highest BCUT2D eigenvalue weighted by Crippen LogP contribution is 2.32. The molecule has 0 radical (unpaired) electrons. The molecular weight excluding hydrogens is 292 g/mol. The molecule has 1 aliphatic carbocycles. The van der Waals surface area contributed by atoms with Gasteiger partial charge in [-0.15, -0.1) is 0 Å². The first kappa shape index (κ1) is 13.8. The third kappa shape index (κ3) is 3.05. The predicted molar refractivity (Wildman–Crippen MR) is 78.7 cm³/mol. The first-order valence-electron chi connectivity index (χ1n) is 6.41. The van der Waals surface area contributed by atoms with Gasteiger partial charge in [-0.25, -0.2) is 0 Å². The maximum Gasteiger partial charge on any atom is 0.0546 e. The molecule has 1 aliphatic rings. The maximum atomic E-state index is 9.31. The highest BCUT2D eigenvalue weighted by Gasteiger charge is 2.28. The lowest BCUT2D eigenvalue weighted by Gasteiger charge is -2.35. The minimum atomic E-state index is -0.0766. The number of hydrogen-bond acceptors (Lipinski definition) is 3. The van der Waals surface area contributed by atoms with E-state index in [4.69, 9.17) is 5.73 Å². The van der Waals surface area contributed by atoms with Gasteiger partial charge in [0.05, 0.1) is 11.8 Å². The van der Waals surface area contributed by atoms with Gasteiger partial charge in [0.25, 0.3) is 0 Å². The number of aliphatic hydroxyl groups excluding tert-OH is 1. The number of nitrogens with two attached hydrogens (primary N) is 1. The fourth-order valence-corrected chi connectivity index (χ4v) is 3.15. The lowest BCUT2D eigenvalue weighted by molar-refractivity contribution is 0.0464. The van der Waals surface area contributed by atoms with Crippen molar-refractivity contribution in [3.8, 4) is 0 Å². The highest BCUT2D eigenvalue weighted by atomic mass is 79.9. The van der Waals surface area contributed by atoms with Crippen LogP contribution < -0.4 is 10.6 Å². The molecule has 1 aromatic carbocycles. The Kier molecular flexibility index (Phi) is 4.30. The monoisotopic (exact) mass is 312 g/mol. The summed E-state index contributed by atoms with van der Waals surface area (Å²) in [6.45, 7) is 2.98. The Balaban J connectivity index is 2.03. The van der Waals surface area contributed by atoms with Gasteiger partial charge in [-0.3, -0.25) is 0 Å². The Hall–Kier alpha value is -0.580. The summed E-state index contributed by atoms with van der Waals surface area (Å²) >= 11 is 3.61. The summed E-state index contributed by atoms with van der Waals surface area (Å²) in [7, 11) is 2.09. The Bertz CT molecular complexity index is 416. The summed E-state index contributed by atoms with van der Waals surface area (Å²) in [6.07, 6.45) is 1.78. The van der Waals surface area contributed by atoms with Crippen molar-refractivity contribution >= 4 is 21.6 Å². The first-order chi connectivity index (χ1) is 8.47. The van der Waals surface area contributed by atoms with Crippen molar-refractivity contribution < 1.29 is 5.11 Å². The van der Waals surface area contributed by atoms with Crippen LogP contribution in [0.15, 0.2) is 22.7 Å². The maximum absolute atomic E-state index is 9.31. The molecule has 0 unspecified atom stereocenters. The van der Waals surface area contributed by atoms with Crippen LogP contribution in [0.4, 0.5) is 5.69 Å². The van der Waals surface area contributed by atoms with Crippen LogP contribution in [0.3, 0.4) is 0 Å². The van der Waals surface area contributed by atoms with E-state index >= 15 is 0 Å². The summed E-state index contributed by atoms with van der Waals surface area (Å²) in [5, 5.41) is 9.31. The second kappa shape index (κ2) is 5.59. The van der Waals surface area contributed by atoms with Gasteiger partial charge < -0.3 is 15.7 Å². The molecule has 0 saturated heterocycles. The van der Waals surface area contributed by atoms with Crippen LogP contribution in [0.5, 0.6) is 0 Å². The average molecular weight is 313 g/mol. The molecule has 0 amide bonds. The van der Waals surface area contributed by atoms with E-state index in [0.717, 1.165) is 29.4 Å². The van der Waals surface area contributed by atoms with Crippen LogP contribution in [0.1, 0.15) is 31.4 Å². The van der Waals surface area contributed by atoms with E-state index in [1.165, 1.54) is 5.69 Å². The van der Waals surface area contributed by atoms with Gasteiger partial charge in [-0.2, -0.15) is 0 Å². The van der Waals surface area contributed by atoms with Crippen molar-refractivity contribution in [3.63, 3.8) is 0 Å². The van der Waals surface area contributed by atoms with E-state index < -0.39 is 0 Å². The second-order valence-electron chi connectivity index (χ2n) is 5.37. The summed E-state index contributed by atoms with van der Waals surface area (Å²) in [5.74, 6) is 0.616. The average Bonchev–Trinajstić information content (AvgIpc) is 2.26. The number of rotatable bonds is 4. The topological polar surface area (TPSA) is 49.5 Å². The minimum Gasteiger partial charge on any atom is -0.393 e. The molecule has 1 fully saturated rings. The summed E-state index contributed by atoms with van der Waals surface area (Å²) in [4.78, 5) is 2.24. The van der Waals surface area contributed by atoms with Gasteiger partial charge in [0.2, 0.25) is 0 Å². The normalized spacial score (nSPS) is 24.5. The van der Waals surface area contributed by atoms with Gasteiger partial charge >= 0.3 is 0 Å². The molecule has 18 heavy (non-hydrogen) atoms. The lowest BCUT2D eigenvalue weighted by Crippen LogP contribution is -2.37. The molecule has 0 aromatic heterocycles. The molecule has 100 valence electrons. The minimum absolute atomic E-state index is 0.0578. The summed E-state index contributed by atoms with van der Waals surface area (Å²) in [5.41, 5.74) is 8.19. The molecule has 0 heterocycles. The number of anilines is 1. The first-order valence-corrected chi connectivity index (χ1v) is 7.21. The third-order valence-electron chi connectivity index (χ3n) is 3.65. The SMILES string of the molecule is C[C@H](N)c1ccc(N(C)CC2CC(O)C2)c(Br)c1. The van der Waals surface area contributed by atoms with Gasteiger partial charge in [-0.1, -0.05) is 6.07 Å². The Morgan fingerprint density at radius 3 is 2.67 bits per heavy atom. The third-order valence-corrected chi connectivity index (χ3v) is 4.29. The predicted octanol–water partition coefficient (Wildman–Crippen LogP) is 2.68. The molecule has 1 aromatic rings. The van der Waals surface area contributed by atoms with Crippen LogP contribution in [-0.4, -0.2) is 24.8 Å². The summed E-state index contributed by atoms with van der Waals surface area (Å²) in [6, 6.07) is 6.34. The fourth-order valence-electron chi connectivity index (χ4n) is 2.45. The zero-order valence-electron chi connectivity index (χ0n) is 10.9. The van der Waals surface area contributed by atoms with E-state index in [1.54, 1.807) is 0 Å². The lowest BCUT2D eigenvalue weighted by atomic mass is 9.82. The van der Waals surface area contributed by atoms with Gasteiger partial charge in [0.15, 0.2) is 0 Å². The Morgan fingerprint density at radius 1 is 1.50 bits per heavy atom. The number of nitrogens with zero attached hydrogens (tertiary/aromatic N) is 1. The fraction of sp³-hybridized carbons (Fsp3) is 0.571. The molecule has 0 bridgehead atoms. The van der Waals surface area contributed by atoms with Gasteiger partial charge in [0.1, 0.15) is 0 Å². The summed E-state index contributed by atoms with van der Waals surface area (Å²) < 4.78 is 1.08. The smallest absolute Gasteiger partial charge is 0.0546 e. The van der Waals surface area contributed by atoms with Crippen LogP contribution in [-0.2, 0) is 0 Å². The van der Waals surface area contributed by atoms with Crippen molar-refractivity contribution in [2.24, 2.45) is 11.7 Å². The second-order valence-corrected chi connectivity index (χ2v) is 6.23. The standard InChI is InChI=1S/C14H21BrN2O/c1-9(16)11-3-4-14(13(15)7-11)17(2)8-10-5-12(18)6-10/h3-4,7,9-10,12,18H,5-6,8,16H2,1-2H3/t9-,10?,12?/m0/s1. The Labute approximate surface area is 117 Å². The molecule has 1 atom stereocenters. The number of halogens is 1. The van der Waals surface area contributed by atoms with E-state index in [1.807, 2.05) is 6.92 Å². The van der Waals surface area contributed by atoms with Crippen LogP contribution in [0.25, 0.3) is 0 Å². The zero-order chi connectivity index (χ0) is 13.3. The van der Waals surface area contributed by atoms with E-state index in [2.05, 4.69) is 46.1 Å². The highest BCUT2D eigenvalue weighted by molar-refractivity contribution is 9.10. The van der Waals surface area contributed by atoms with Crippen LogP contribution in [0, 0.1) is 5.92 Å². The molecule has 3 N–H and O–H groups in total. The Morgan fingerprint density at radius 2 is 2.17 bits per heavy atom. The molecule has 0 aliphatic heterocycles. The molecule has 2 rings (SSSR count). The molecule has 0 spiro atoms. The van der Waals surface area contributed by atoms with Crippen molar-refractivity contribution in [1.82, 2.24) is 0 Å². The largest absolute Gasteiger partial charge is 0.393 e. The van der Waals surface area contributed by atoms with E-state index in [-0.39, 0.29) is 12.1 Å². The number of hydrogen-bond donors (Lipinski definition) is 2. The van der Waals surface area contributed by atoms with Crippen molar-refractivity contribution in [1.29, 1.82) is 0 Å². The van der Waals surface area contributed by atoms with E-state index in [0.29, 0.717) is 5.92 Å². The van der Waals surface area contributed by atoms with Crippen LogP contribution in [0.2, 0.25) is 0 Å². The molecular formula is C14H21BrN2O. The molecule has 4 heteroatoms. The van der Waals surface area contributed by atoms with Gasteiger partial charge in [-0.05, 0) is 59.3 Å². The zero-order valence-corrected chi connectivity index (χ0v) is 12.5. The van der Waals surface area contributed by atoms with Crippen molar-refractivity contribution in [2.75, 3.05) is 18.5 Å².